The molecule has 0 bridgehead atoms. The maximum Gasteiger partial charge on any atom is 0.270 e. The molecule has 3 aromatic rings. The van der Waals surface area contributed by atoms with Crippen LogP contribution in [0.15, 0.2) is 42.9 Å². The zero-order valence-electron chi connectivity index (χ0n) is 15.1. The quantitative estimate of drug-likeness (QED) is 0.747. The molecular formula is C20H19ClN4O2. The van der Waals surface area contributed by atoms with E-state index >= 15 is 0 Å². The van der Waals surface area contributed by atoms with Gasteiger partial charge in [-0.1, -0.05) is 17.7 Å². The van der Waals surface area contributed by atoms with E-state index in [4.69, 9.17) is 16.3 Å². The van der Waals surface area contributed by atoms with Crippen molar-refractivity contribution >= 4 is 17.5 Å². The SMILES string of the molecule is COc1nc(C(=O)N[C@@H]2CCc3ccc(Cl)cc32)ccc1-n1cnc(C)c1. The first kappa shape index (κ1) is 17.5. The highest BCUT2D eigenvalue weighted by Gasteiger charge is 2.25. The Morgan fingerprint density at radius 2 is 2.19 bits per heavy atom. The molecule has 27 heavy (non-hydrogen) atoms. The average Bonchev–Trinajstić information content (AvgIpc) is 3.27. The Kier molecular flexibility index (Phi) is 4.58. The van der Waals surface area contributed by atoms with Gasteiger partial charge in [0.15, 0.2) is 0 Å². The second-order valence-electron chi connectivity index (χ2n) is 6.56. The van der Waals surface area contributed by atoms with Gasteiger partial charge in [-0.15, -0.1) is 0 Å². The smallest absolute Gasteiger partial charge is 0.270 e. The van der Waals surface area contributed by atoms with Crippen LogP contribution in [0, 0.1) is 6.92 Å². The van der Waals surface area contributed by atoms with Crippen LogP contribution in [-0.4, -0.2) is 27.6 Å². The molecule has 1 amide bonds. The van der Waals surface area contributed by atoms with E-state index in [1.807, 2.05) is 35.9 Å². The van der Waals surface area contributed by atoms with Crippen LogP contribution < -0.4 is 10.1 Å². The largest absolute Gasteiger partial charge is 0.479 e. The van der Waals surface area contributed by atoms with E-state index in [-0.39, 0.29) is 11.9 Å². The normalized spacial score (nSPS) is 15.4. The molecule has 6 nitrogen and oxygen atoms in total. The van der Waals surface area contributed by atoms with Gasteiger partial charge < -0.3 is 14.6 Å². The van der Waals surface area contributed by atoms with Gasteiger partial charge in [0.2, 0.25) is 5.88 Å². The summed E-state index contributed by atoms with van der Waals surface area (Å²) < 4.78 is 7.20. The van der Waals surface area contributed by atoms with Crippen molar-refractivity contribution in [2.45, 2.75) is 25.8 Å². The lowest BCUT2D eigenvalue weighted by molar-refractivity contribution is 0.0931. The number of benzene rings is 1. The summed E-state index contributed by atoms with van der Waals surface area (Å²) in [6.07, 6.45) is 5.34. The van der Waals surface area contributed by atoms with Crippen LogP contribution in [-0.2, 0) is 6.42 Å². The Hall–Kier alpha value is -2.86. The predicted octanol–water partition coefficient (Wildman–Crippen LogP) is 3.66. The van der Waals surface area contributed by atoms with E-state index in [0.29, 0.717) is 16.6 Å². The van der Waals surface area contributed by atoms with E-state index in [9.17, 15) is 4.79 Å². The molecule has 1 aromatic carbocycles. The van der Waals surface area contributed by atoms with E-state index < -0.39 is 0 Å². The minimum absolute atomic E-state index is 0.0602. The number of nitrogens with zero attached hydrogens (tertiary/aromatic N) is 3. The molecule has 0 spiro atoms. The molecule has 2 aromatic heterocycles. The van der Waals surface area contributed by atoms with Crippen LogP contribution >= 0.6 is 11.6 Å². The number of carbonyl (C=O) groups is 1. The number of halogens is 1. The van der Waals surface area contributed by atoms with Gasteiger partial charge in [-0.25, -0.2) is 9.97 Å². The highest BCUT2D eigenvalue weighted by molar-refractivity contribution is 6.30. The first-order valence-corrected chi connectivity index (χ1v) is 9.08. The van der Waals surface area contributed by atoms with E-state index in [1.54, 1.807) is 18.5 Å². The number of nitrogens with one attached hydrogen (secondary N) is 1. The van der Waals surface area contributed by atoms with Gasteiger partial charge in [0.05, 0.1) is 25.2 Å². The minimum atomic E-state index is -0.237. The zero-order chi connectivity index (χ0) is 19.0. The number of ether oxygens (including phenoxy) is 1. The Morgan fingerprint density at radius 3 is 2.93 bits per heavy atom. The molecule has 7 heteroatoms. The van der Waals surface area contributed by atoms with Crippen LogP contribution in [0.1, 0.15) is 39.8 Å². The van der Waals surface area contributed by atoms with Gasteiger partial charge in [-0.05, 0) is 55.2 Å². The molecular weight excluding hydrogens is 364 g/mol. The number of amides is 1. The van der Waals surface area contributed by atoms with E-state index in [1.165, 1.54) is 12.7 Å². The molecule has 0 unspecified atom stereocenters. The third-order valence-corrected chi connectivity index (χ3v) is 4.98. The summed E-state index contributed by atoms with van der Waals surface area (Å²) in [6.45, 7) is 1.91. The maximum absolute atomic E-state index is 12.7. The number of aryl methyl sites for hydroxylation is 2. The Morgan fingerprint density at radius 1 is 1.33 bits per heavy atom. The second-order valence-corrected chi connectivity index (χ2v) is 6.99. The molecule has 1 N–H and O–H groups in total. The topological polar surface area (TPSA) is 69.0 Å². The summed E-state index contributed by atoms with van der Waals surface area (Å²) in [5, 5.41) is 3.73. The fourth-order valence-corrected chi connectivity index (χ4v) is 3.60. The zero-order valence-corrected chi connectivity index (χ0v) is 15.8. The summed E-state index contributed by atoms with van der Waals surface area (Å²) in [5.41, 5.74) is 4.22. The van der Waals surface area contributed by atoms with Crippen LogP contribution in [0.4, 0.5) is 0 Å². The summed E-state index contributed by atoms with van der Waals surface area (Å²) in [4.78, 5) is 21.3. The standard InChI is InChI=1S/C20H19ClN4O2/c1-12-10-25(11-22-12)18-8-7-17(24-20(18)27-2)19(26)23-16-6-4-13-3-5-14(21)9-15(13)16/h3,5,7-11,16H,4,6H2,1-2H3,(H,23,26)/t16-/m1/s1. The molecule has 138 valence electrons. The summed E-state index contributed by atoms with van der Waals surface area (Å²) >= 11 is 6.11. The van der Waals surface area contributed by atoms with E-state index in [0.717, 1.165) is 29.8 Å². The summed E-state index contributed by atoms with van der Waals surface area (Å²) in [5.74, 6) is 0.134. The lowest BCUT2D eigenvalue weighted by atomic mass is 10.1. The van der Waals surface area contributed by atoms with Crippen molar-refractivity contribution in [3.05, 3.63) is 70.4 Å². The molecule has 1 aliphatic rings. The molecule has 0 fully saturated rings. The molecule has 0 radical (unpaired) electrons. The molecule has 2 heterocycles. The van der Waals surface area contributed by atoms with Crippen molar-refractivity contribution in [2.24, 2.45) is 0 Å². The predicted molar refractivity (Wildman–Crippen MR) is 103 cm³/mol. The van der Waals surface area contributed by atoms with Crippen molar-refractivity contribution in [2.75, 3.05) is 7.11 Å². The Labute approximate surface area is 162 Å². The maximum atomic E-state index is 12.7. The summed E-state index contributed by atoms with van der Waals surface area (Å²) in [6, 6.07) is 9.26. The van der Waals surface area contributed by atoms with Gasteiger partial charge in [0.1, 0.15) is 11.4 Å². The Bertz CT molecular complexity index is 1010. The highest BCUT2D eigenvalue weighted by Crippen LogP contribution is 2.33. The fourth-order valence-electron chi connectivity index (χ4n) is 3.41. The van der Waals surface area contributed by atoms with Crippen molar-refractivity contribution in [1.82, 2.24) is 19.9 Å². The number of pyridine rings is 1. The van der Waals surface area contributed by atoms with E-state index in [2.05, 4.69) is 15.3 Å². The molecule has 0 aliphatic heterocycles. The fraction of sp³-hybridized carbons (Fsp3) is 0.250. The third-order valence-electron chi connectivity index (χ3n) is 4.75. The van der Waals surface area contributed by atoms with Gasteiger partial charge in [-0.2, -0.15) is 0 Å². The number of fused-ring (bicyclic) bond motifs is 1. The van der Waals surface area contributed by atoms with Gasteiger partial charge in [-0.3, -0.25) is 4.79 Å². The molecule has 4 rings (SSSR count). The number of rotatable bonds is 4. The number of methoxy groups -OCH3 is 1. The third kappa shape index (κ3) is 3.40. The van der Waals surface area contributed by atoms with Crippen LogP contribution in [0.2, 0.25) is 5.02 Å². The van der Waals surface area contributed by atoms with Crippen molar-refractivity contribution in [3.8, 4) is 11.6 Å². The second kappa shape index (κ2) is 7.04. The molecule has 0 saturated heterocycles. The van der Waals surface area contributed by atoms with Crippen LogP contribution in [0.3, 0.4) is 0 Å². The van der Waals surface area contributed by atoms with Gasteiger partial charge in [0, 0.05) is 11.2 Å². The number of carbonyl (C=O) groups excluding carboxylic acids is 1. The van der Waals surface area contributed by atoms with Gasteiger partial charge >= 0.3 is 0 Å². The first-order chi connectivity index (χ1) is 13.0. The summed E-state index contributed by atoms with van der Waals surface area (Å²) in [7, 11) is 1.53. The van der Waals surface area contributed by atoms with Gasteiger partial charge in [0.25, 0.3) is 5.91 Å². The molecule has 1 aliphatic carbocycles. The highest BCUT2D eigenvalue weighted by atomic mass is 35.5. The van der Waals surface area contributed by atoms with Crippen molar-refractivity contribution in [3.63, 3.8) is 0 Å². The average molecular weight is 383 g/mol. The number of hydrogen-bond donors (Lipinski definition) is 1. The lowest BCUT2D eigenvalue weighted by Gasteiger charge is -2.15. The minimum Gasteiger partial charge on any atom is -0.479 e. The number of aromatic nitrogens is 3. The molecule has 1 atom stereocenters. The monoisotopic (exact) mass is 382 g/mol. The lowest BCUT2D eigenvalue weighted by Crippen LogP contribution is -2.28. The first-order valence-electron chi connectivity index (χ1n) is 8.70. The Balaban J connectivity index is 1.57. The number of imidazole rings is 1. The number of hydrogen-bond acceptors (Lipinski definition) is 4. The van der Waals surface area contributed by atoms with Crippen LogP contribution in [0.25, 0.3) is 5.69 Å². The molecule has 0 saturated carbocycles. The van der Waals surface area contributed by atoms with Crippen molar-refractivity contribution in [1.29, 1.82) is 0 Å². The van der Waals surface area contributed by atoms with Crippen molar-refractivity contribution < 1.29 is 9.53 Å². The van der Waals surface area contributed by atoms with Crippen LogP contribution in [0.5, 0.6) is 5.88 Å².